The number of benzene rings is 2. The van der Waals surface area contributed by atoms with Crippen molar-refractivity contribution in [1.82, 2.24) is 10.6 Å². The Hall–Kier alpha value is -2.21. The van der Waals surface area contributed by atoms with Gasteiger partial charge in [0.2, 0.25) is 0 Å². The largest absolute Gasteiger partial charge is 0.493 e. The predicted molar refractivity (Wildman–Crippen MR) is 102 cm³/mol. The standard InChI is InChI=1S/C19H23BrN2O3/c1-13(15-7-8-17(24-2)18(12-15)25-3)22-19(23)21-10-9-14-5-4-6-16(20)11-14/h4-8,11-13H,9-10H2,1-3H3,(H2,21,22,23). The molecule has 0 saturated heterocycles. The van der Waals surface area contributed by atoms with Crippen LogP contribution in [0.2, 0.25) is 0 Å². The number of carbonyl (C=O) groups excluding carboxylic acids is 1. The Morgan fingerprint density at radius 3 is 2.56 bits per heavy atom. The minimum absolute atomic E-state index is 0.148. The maximum Gasteiger partial charge on any atom is 0.315 e. The highest BCUT2D eigenvalue weighted by atomic mass is 79.9. The van der Waals surface area contributed by atoms with Gasteiger partial charge < -0.3 is 20.1 Å². The van der Waals surface area contributed by atoms with Crippen molar-refractivity contribution < 1.29 is 14.3 Å². The molecule has 5 nitrogen and oxygen atoms in total. The van der Waals surface area contributed by atoms with Gasteiger partial charge in [-0.15, -0.1) is 0 Å². The monoisotopic (exact) mass is 406 g/mol. The Morgan fingerprint density at radius 2 is 1.88 bits per heavy atom. The van der Waals surface area contributed by atoms with Gasteiger partial charge in [-0.3, -0.25) is 0 Å². The Bertz CT molecular complexity index is 722. The number of nitrogens with one attached hydrogen (secondary N) is 2. The lowest BCUT2D eigenvalue weighted by atomic mass is 10.1. The van der Waals surface area contributed by atoms with Gasteiger partial charge in [0.25, 0.3) is 0 Å². The van der Waals surface area contributed by atoms with Gasteiger partial charge >= 0.3 is 6.03 Å². The van der Waals surface area contributed by atoms with Crippen LogP contribution in [0, 0.1) is 0 Å². The lowest BCUT2D eigenvalue weighted by molar-refractivity contribution is 0.238. The molecule has 1 unspecified atom stereocenters. The van der Waals surface area contributed by atoms with Gasteiger partial charge in [-0.2, -0.15) is 0 Å². The first kappa shape index (κ1) is 19.1. The Balaban J connectivity index is 1.85. The second kappa shape index (κ2) is 9.32. The number of amides is 2. The van der Waals surface area contributed by atoms with E-state index >= 15 is 0 Å². The van der Waals surface area contributed by atoms with E-state index in [4.69, 9.17) is 9.47 Å². The summed E-state index contributed by atoms with van der Waals surface area (Å²) in [6.45, 7) is 2.50. The molecule has 0 aliphatic heterocycles. The van der Waals surface area contributed by atoms with Crippen LogP contribution in [-0.4, -0.2) is 26.8 Å². The quantitative estimate of drug-likeness (QED) is 0.728. The average molecular weight is 407 g/mol. The smallest absolute Gasteiger partial charge is 0.315 e. The Labute approximate surface area is 156 Å². The van der Waals surface area contributed by atoms with Gasteiger partial charge in [0.1, 0.15) is 0 Å². The highest BCUT2D eigenvalue weighted by Crippen LogP contribution is 2.29. The summed E-state index contributed by atoms with van der Waals surface area (Å²) < 4.78 is 11.6. The molecule has 2 N–H and O–H groups in total. The van der Waals surface area contributed by atoms with Crippen molar-refractivity contribution in [2.45, 2.75) is 19.4 Å². The first-order valence-electron chi connectivity index (χ1n) is 8.04. The summed E-state index contributed by atoms with van der Waals surface area (Å²) in [5.41, 5.74) is 2.11. The van der Waals surface area contributed by atoms with E-state index in [1.165, 1.54) is 5.56 Å². The van der Waals surface area contributed by atoms with E-state index in [0.717, 1.165) is 16.5 Å². The number of ether oxygens (including phenoxy) is 2. The normalized spacial score (nSPS) is 11.5. The molecular formula is C19H23BrN2O3. The number of halogens is 1. The third-order valence-corrected chi connectivity index (χ3v) is 4.34. The SMILES string of the molecule is COc1ccc(C(C)NC(=O)NCCc2cccc(Br)c2)cc1OC. The zero-order valence-electron chi connectivity index (χ0n) is 14.6. The molecule has 0 radical (unpaired) electrons. The molecule has 0 fully saturated rings. The van der Waals surface area contributed by atoms with E-state index in [-0.39, 0.29) is 12.1 Å². The minimum atomic E-state index is -0.197. The highest BCUT2D eigenvalue weighted by Gasteiger charge is 2.12. The van der Waals surface area contributed by atoms with E-state index in [0.29, 0.717) is 18.0 Å². The Kier molecular flexibility index (Phi) is 7.13. The highest BCUT2D eigenvalue weighted by molar-refractivity contribution is 9.10. The van der Waals surface area contributed by atoms with Crippen molar-refractivity contribution in [3.05, 3.63) is 58.1 Å². The predicted octanol–water partition coefficient (Wildman–Crippen LogP) is 4.07. The summed E-state index contributed by atoms with van der Waals surface area (Å²) >= 11 is 3.44. The second-order valence-corrected chi connectivity index (χ2v) is 6.53. The van der Waals surface area contributed by atoms with Crippen LogP contribution in [0.15, 0.2) is 46.9 Å². The zero-order valence-corrected chi connectivity index (χ0v) is 16.2. The molecule has 2 aromatic rings. The van der Waals surface area contributed by atoms with Crippen LogP contribution >= 0.6 is 15.9 Å². The molecule has 0 saturated carbocycles. The molecule has 6 heteroatoms. The maximum atomic E-state index is 12.1. The van der Waals surface area contributed by atoms with Crippen LogP contribution < -0.4 is 20.1 Å². The third kappa shape index (κ3) is 5.67. The molecule has 2 amide bonds. The second-order valence-electron chi connectivity index (χ2n) is 5.62. The van der Waals surface area contributed by atoms with Crippen molar-refractivity contribution in [2.75, 3.05) is 20.8 Å². The molecule has 0 aliphatic carbocycles. The first-order chi connectivity index (χ1) is 12.0. The number of rotatable bonds is 7. The summed E-state index contributed by atoms with van der Waals surface area (Å²) in [7, 11) is 3.19. The van der Waals surface area contributed by atoms with Crippen LogP contribution in [0.5, 0.6) is 11.5 Å². The summed E-state index contributed by atoms with van der Waals surface area (Å²) in [6.07, 6.45) is 0.775. The lowest BCUT2D eigenvalue weighted by Gasteiger charge is -2.17. The van der Waals surface area contributed by atoms with Gasteiger partial charge in [0, 0.05) is 11.0 Å². The van der Waals surface area contributed by atoms with Gasteiger partial charge in [0.15, 0.2) is 11.5 Å². The van der Waals surface area contributed by atoms with Crippen molar-refractivity contribution >= 4 is 22.0 Å². The topological polar surface area (TPSA) is 59.6 Å². The van der Waals surface area contributed by atoms with Gasteiger partial charge in [-0.25, -0.2) is 4.79 Å². The van der Waals surface area contributed by atoms with Crippen LogP contribution in [0.4, 0.5) is 4.79 Å². The molecule has 0 heterocycles. The number of urea groups is 1. The molecule has 25 heavy (non-hydrogen) atoms. The number of hydrogen-bond acceptors (Lipinski definition) is 3. The number of hydrogen-bond donors (Lipinski definition) is 2. The van der Waals surface area contributed by atoms with Crippen molar-refractivity contribution in [3.8, 4) is 11.5 Å². The fourth-order valence-corrected chi connectivity index (χ4v) is 2.91. The van der Waals surface area contributed by atoms with Gasteiger partial charge in [-0.1, -0.05) is 34.1 Å². The fraction of sp³-hybridized carbons (Fsp3) is 0.316. The lowest BCUT2D eigenvalue weighted by Crippen LogP contribution is -2.38. The summed E-state index contributed by atoms with van der Waals surface area (Å²) in [4.78, 5) is 12.1. The molecule has 0 bridgehead atoms. The molecule has 1 atom stereocenters. The van der Waals surface area contributed by atoms with Crippen molar-refractivity contribution in [2.24, 2.45) is 0 Å². The zero-order chi connectivity index (χ0) is 18.2. The van der Waals surface area contributed by atoms with E-state index in [2.05, 4.69) is 26.6 Å². The van der Waals surface area contributed by atoms with E-state index in [1.807, 2.05) is 49.4 Å². The van der Waals surface area contributed by atoms with Crippen molar-refractivity contribution in [3.63, 3.8) is 0 Å². The molecule has 0 aliphatic rings. The summed E-state index contributed by atoms with van der Waals surface area (Å²) in [5, 5.41) is 5.81. The average Bonchev–Trinajstić information content (AvgIpc) is 2.61. The van der Waals surface area contributed by atoms with E-state index in [9.17, 15) is 4.79 Å². The van der Waals surface area contributed by atoms with Gasteiger partial charge in [-0.05, 0) is 48.7 Å². The van der Waals surface area contributed by atoms with E-state index < -0.39 is 0 Å². The molecule has 0 spiro atoms. The summed E-state index contributed by atoms with van der Waals surface area (Å²) in [6, 6.07) is 13.3. The van der Waals surface area contributed by atoms with Gasteiger partial charge in [0.05, 0.1) is 20.3 Å². The first-order valence-corrected chi connectivity index (χ1v) is 8.83. The van der Waals surface area contributed by atoms with Crippen LogP contribution in [0.3, 0.4) is 0 Å². The van der Waals surface area contributed by atoms with Crippen molar-refractivity contribution in [1.29, 1.82) is 0 Å². The molecular weight excluding hydrogens is 384 g/mol. The van der Waals surface area contributed by atoms with Crippen LogP contribution in [0.25, 0.3) is 0 Å². The van der Waals surface area contributed by atoms with Crippen LogP contribution in [0.1, 0.15) is 24.1 Å². The molecule has 0 aromatic heterocycles. The van der Waals surface area contributed by atoms with E-state index in [1.54, 1.807) is 14.2 Å². The maximum absolute atomic E-state index is 12.1. The van der Waals surface area contributed by atoms with Crippen LogP contribution in [-0.2, 0) is 6.42 Å². The Morgan fingerprint density at radius 1 is 1.12 bits per heavy atom. The fourth-order valence-electron chi connectivity index (χ4n) is 2.47. The molecule has 2 aromatic carbocycles. The molecule has 134 valence electrons. The minimum Gasteiger partial charge on any atom is -0.493 e. The summed E-state index contributed by atoms with van der Waals surface area (Å²) in [5.74, 6) is 1.31. The molecule has 2 rings (SSSR count). The third-order valence-electron chi connectivity index (χ3n) is 3.84. The number of methoxy groups -OCH3 is 2. The number of carbonyl (C=O) groups is 1.